The van der Waals surface area contributed by atoms with Gasteiger partial charge in [-0.3, -0.25) is 11.3 Å². The van der Waals surface area contributed by atoms with E-state index >= 15 is 0 Å². The van der Waals surface area contributed by atoms with Crippen LogP contribution in [-0.4, -0.2) is 0 Å². The molecule has 1 aromatic heterocycles. The zero-order valence-corrected chi connectivity index (χ0v) is 11.1. The fraction of sp³-hybridized carbons (Fsp3) is 0.692. The molecule has 1 atom stereocenters. The number of nitrogens with one attached hydrogen (secondary N) is 1. The SMILES string of the molecule is CCCCCCCCC(NN)c1cccs1. The molecule has 0 aromatic carbocycles. The third kappa shape index (κ3) is 5.10. The van der Waals surface area contributed by atoms with Gasteiger partial charge in [0, 0.05) is 4.88 Å². The number of hydrogen-bond donors (Lipinski definition) is 2. The van der Waals surface area contributed by atoms with Gasteiger partial charge in [-0.05, 0) is 17.9 Å². The molecule has 16 heavy (non-hydrogen) atoms. The average molecular weight is 240 g/mol. The van der Waals surface area contributed by atoms with Gasteiger partial charge in [0.05, 0.1) is 6.04 Å². The molecule has 0 spiro atoms. The second kappa shape index (κ2) is 8.74. The minimum Gasteiger partial charge on any atom is -0.271 e. The summed E-state index contributed by atoms with van der Waals surface area (Å²) in [5, 5.41) is 2.11. The number of unbranched alkanes of at least 4 members (excludes halogenated alkanes) is 5. The summed E-state index contributed by atoms with van der Waals surface area (Å²) >= 11 is 1.79. The van der Waals surface area contributed by atoms with Gasteiger partial charge in [-0.1, -0.05) is 51.5 Å². The Kier molecular flexibility index (Phi) is 7.47. The smallest absolute Gasteiger partial charge is 0.0553 e. The van der Waals surface area contributed by atoms with Crippen LogP contribution < -0.4 is 11.3 Å². The van der Waals surface area contributed by atoms with Crippen molar-refractivity contribution in [2.75, 3.05) is 0 Å². The van der Waals surface area contributed by atoms with Gasteiger partial charge in [-0.25, -0.2) is 0 Å². The van der Waals surface area contributed by atoms with Gasteiger partial charge in [0.2, 0.25) is 0 Å². The molecular weight excluding hydrogens is 216 g/mol. The van der Waals surface area contributed by atoms with Crippen molar-refractivity contribution in [3.8, 4) is 0 Å². The molecule has 0 radical (unpaired) electrons. The molecule has 0 aliphatic carbocycles. The lowest BCUT2D eigenvalue weighted by Crippen LogP contribution is -2.27. The van der Waals surface area contributed by atoms with E-state index in [1.807, 2.05) is 0 Å². The number of hydrogen-bond acceptors (Lipinski definition) is 3. The van der Waals surface area contributed by atoms with E-state index in [-0.39, 0.29) is 0 Å². The lowest BCUT2D eigenvalue weighted by Gasteiger charge is -2.13. The van der Waals surface area contributed by atoms with Gasteiger partial charge in [-0.15, -0.1) is 11.3 Å². The Hall–Kier alpha value is -0.380. The molecule has 0 aliphatic heterocycles. The van der Waals surface area contributed by atoms with Crippen molar-refractivity contribution in [1.29, 1.82) is 0 Å². The van der Waals surface area contributed by atoms with E-state index in [2.05, 4.69) is 29.9 Å². The number of nitrogens with two attached hydrogens (primary N) is 1. The predicted octanol–water partition coefficient (Wildman–Crippen LogP) is 4.00. The quantitative estimate of drug-likeness (QED) is 0.389. The molecule has 3 heteroatoms. The lowest BCUT2D eigenvalue weighted by molar-refractivity contribution is 0.482. The van der Waals surface area contributed by atoms with Gasteiger partial charge in [0.1, 0.15) is 0 Å². The Morgan fingerprint density at radius 1 is 1.25 bits per heavy atom. The first kappa shape index (κ1) is 13.7. The van der Waals surface area contributed by atoms with Crippen molar-refractivity contribution in [1.82, 2.24) is 5.43 Å². The van der Waals surface area contributed by atoms with Gasteiger partial charge in [0.15, 0.2) is 0 Å². The minimum atomic E-state index is 0.353. The summed E-state index contributed by atoms with van der Waals surface area (Å²) in [7, 11) is 0. The van der Waals surface area contributed by atoms with Crippen molar-refractivity contribution >= 4 is 11.3 Å². The summed E-state index contributed by atoms with van der Waals surface area (Å²) < 4.78 is 0. The highest BCUT2D eigenvalue weighted by molar-refractivity contribution is 7.10. The number of rotatable bonds is 9. The molecular formula is C13H24N2S. The van der Waals surface area contributed by atoms with Gasteiger partial charge < -0.3 is 0 Å². The Balaban J connectivity index is 2.11. The Morgan fingerprint density at radius 3 is 2.62 bits per heavy atom. The third-order valence-corrected chi connectivity index (χ3v) is 3.92. The zero-order valence-electron chi connectivity index (χ0n) is 10.2. The normalized spacial score (nSPS) is 12.9. The number of thiophene rings is 1. The van der Waals surface area contributed by atoms with Crippen LogP contribution in [0.25, 0.3) is 0 Å². The van der Waals surface area contributed by atoms with E-state index in [9.17, 15) is 0 Å². The second-order valence-electron chi connectivity index (χ2n) is 4.29. The van der Waals surface area contributed by atoms with Crippen molar-refractivity contribution in [3.63, 3.8) is 0 Å². The van der Waals surface area contributed by atoms with Crippen molar-refractivity contribution < 1.29 is 0 Å². The van der Waals surface area contributed by atoms with Crippen molar-refractivity contribution in [2.45, 2.75) is 57.9 Å². The van der Waals surface area contributed by atoms with E-state index in [1.165, 1.54) is 43.4 Å². The third-order valence-electron chi connectivity index (χ3n) is 2.93. The van der Waals surface area contributed by atoms with Gasteiger partial charge in [0.25, 0.3) is 0 Å². The van der Waals surface area contributed by atoms with Gasteiger partial charge in [-0.2, -0.15) is 0 Å². The zero-order chi connectivity index (χ0) is 11.6. The highest BCUT2D eigenvalue weighted by Gasteiger charge is 2.09. The highest BCUT2D eigenvalue weighted by Crippen LogP contribution is 2.23. The molecule has 1 rings (SSSR count). The largest absolute Gasteiger partial charge is 0.271 e. The van der Waals surface area contributed by atoms with Crippen LogP contribution in [0.15, 0.2) is 17.5 Å². The second-order valence-corrected chi connectivity index (χ2v) is 5.27. The van der Waals surface area contributed by atoms with Crippen LogP contribution in [0.5, 0.6) is 0 Å². The summed E-state index contributed by atoms with van der Waals surface area (Å²) in [5.41, 5.74) is 2.92. The van der Waals surface area contributed by atoms with E-state index in [1.54, 1.807) is 11.3 Å². The maximum atomic E-state index is 5.58. The molecule has 1 unspecified atom stereocenters. The molecule has 1 aromatic rings. The first-order valence-corrected chi connectivity index (χ1v) is 7.26. The topological polar surface area (TPSA) is 38.0 Å². The summed E-state index contributed by atoms with van der Waals surface area (Å²) in [4.78, 5) is 1.36. The summed E-state index contributed by atoms with van der Waals surface area (Å²) in [6.07, 6.45) is 9.22. The summed E-state index contributed by atoms with van der Waals surface area (Å²) in [6, 6.07) is 4.60. The molecule has 0 bridgehead atoms. The van der Waals surface area contributed by atoms with E-state index in [0.29, 0.717) is 6.04 Å². The van der Waals surface area contributed by atoms with E-state index in [4.69, 9.17) is 5.84 Å². The molecule has 92 valence electrons. The molecule has 0 amide bonds. The van der Waals surface area contributed by atoms with Crippen LogP contribution in [-0.2, 0) is 0 Å². The van der Waals surface area contributed by atoms with Gasteiger partial charge >= 0.3 is 0 Å². The Morgan fingerprint density at radius 2 is 2.00 bits per heavy atom. The molecule has 3 N–H and O–H groups in total. The molecule has 0 saturated heterocycles. The fourth-order valence-corrected chi connectivity index (χ4v) is 2.75. The molecule has 0 fully saturated rings. The minimum absolute atomic E-state index is 0.353. The van der Waals surface area contributed by atoms with E-state index < -0.39 is 0 Å². The van der Waals surface area contributed by atoms with Crippen LogP contribution >= 0.6 is 11.3 Å². The molecule has 0 saturated carbocycles. The Bertz CT molecular complexity index is 246. The maximum absolute atomic E-state index is 5.58. The first-order valence-electron chi connectivity index (χ1n) is 6.38. The van der Waals surface area contributed by atoms with Crippen molar-refractivity contribution in [2.24, 2.45) is 5.84 Å². The number of hydrazine groups is 1. The highest BCUT2D eigenvalue weighted by atomic mass is 32.1. The molecule has 1 heterocycles. The predicted molar refractivity (Wildman–Crippen MR) is 72.4 cm³/mol. The molecule has 0 aliphatic rings. The van der Waals surface area contributed by atoms with Crippen molar-refractivity contribution in [3.05, 3.63) is 22.4 Å². The maximum Gasteiger partial charge on any atom is 0.0553 e. The van der Waals surface area contributed by atoms with Crippen LogP contribution in [0.1, 0.15) is 62.8 Å². The van der Waals surface area contributed by atoms with Crippen LogP contribution in [0.3, 0.4) is 0 Å². The summed E-state index contributed by atoms with van der Waals surface area (Å²) in [5.74, 6) is 5.58. The lowest BCUT2D eigenvalue weighted by atomic mass is 10.1. The van der Waals surface area contributed by atoms with Crippen LogP contribution in [0, 0.1) is 0 Å². The first-order chi connectivity index (χ1) is 7.88. The fourth-order valence-electron chi connectivity index (χ4n) is 1.93. The Labute approximate surface area is 103 Å². The summed E-state index contributed by atoms with van der Waals surface area (Å²) in [6.45, 7) is 2.26. The van der Waals surface area contributed by atoms with Crippen LogP contribution in [0.2, 0.25) is 0 Å². The average Bonchev–Trinajstić information content (AvgIpc) is 2.82. The molecule has 2 nitrogen and oxygen atoms in total. The van der Waals surface area contributed by atoms with Crippen LogP contribution in [0.4, 0.5) is 0 Å². The monoisotopic (exact) mass is 240 g/mol. The standard InChI is InChI=1S/C13H24N2S/c1-2-3-4-5-6-7-9-12(15-14)13-10-8-11-16-13/h8,10-12,15H,2-7,9,14H2,1H3. The van der Waals surface area contributed by atoms with E-state index in [0.717, 1.165) is 6.42 Å².